The average Bonchev–Trinajstić information content (AvgIpc) is 2.88. The van der Waals surface area contributed by atoms with Crippen molar-refractivity contribution in [2.75, 3.05) is 33.3 Å². The van der Waals surface area contributed by atoms with Crippen molar-refractivity contribution in [2.45, 2.75) is 26.1 Å². The molecule has 1 aliphatic heterocycles. The molecule has 2 heterocycles. The van der Waals surface area contributed by atoms with E-state index in [0.717, 1.165) is 39.3 Å². The van der Waals surface area contributed by atoms with E-state index in [1.807, 2.05) is 0 Å². The summed E-state index contributed by atoms with van der Waals surface area (Å²) in [5, 5.41) is 4.69. The summed E-state index contributed by atoms with van der Waals surface area (Å²) in [7, 11) is 2.16. The van der Waals surface area contributed by atoms with E-state index in [0.29, 0.717) is 0 Å². The Morgan fingerprint density at radius 1 is 1.33 bits per heavy atom. The second kappa shape index (κ2) is 6.60. The normalized spacial score (nSPS) is 20.2. The lowest BCUT2D eigenvalue weighted by Gasteiger charge is -2.30. The fourth-order valence-corrected chi connectivity index (χ4v) is 2.96. The van der Waals surface area contributed by atoms with Crippen molar-refractivity contribution in [1.82, 2.24) is 14.8 Å². The van der Waals surface area contributed by atoms with Crippen LogP contribution in [0.4, 0.5) is 0 Å². The van der Waals surface area contributed by atoms with E-state index in [1.165, 1.54) is 16.5 Å². The maximum absolute atomic E-state index is 5.89. The van der Waals surface area contributed by atoms with Gasteiger partial charge in [0.2, 0.25) is 0 Å². The highest BCUT2D eigenvalue weighted by atomic mass is 16.5. The van der Waals surface area contributed by atoms with Gasteiger partial charge >= 0.3 is 0 Å². The van der Waals surface area contributed by atoms with Gasteiger partial charge in [0, 0.05) is 31.3 Å². The number of nitrogens with one attached hydrogen (secondary N) is 1. The zero-order valence-electron chi connectivity index (χ0n) is 13.0. The molecule has 0 amide bonds. The van der Waals surface area contributed by atoms with E-state index in [4.69, 9.17) is 4.74 Å². The number of ether oxygens (including phenoxy) is 1. The monoisotopic (exact) mass is 287 g/mol. The largest absolute Gasteiger partial charge is 0.374 e. The van der Waals surface area contributed by atoms with Crippen molar-refractivity contribution in [3.05, 3.63) is 36.0 Å². The fraction of sp³-hybridized carbons (Fsp3) is 0.529. The van der Waals surface area contributed by atoms with E-state index >= 15 is 0 Å². The van der Waals surface area contributed by atoms with Gasteiger partial charge in [0.05, 0.1) is 19.3 Å². The lowest BCUT2D eigenvalue weighted by atomic mass is 10.1. The van der Waals surface area contributed by atoms with Crippen molar-refractivity contribution in [3.8, 4) is 0 Å². The van der Waals surface area contributed by atoms with Crippen molar-refractivity contribution in [3.63, 3.8) is 0 Å². The fourth-order valence-electron chi connectivity index (χ4n) is 2.96. The van der Waals surface area contributed by atoms with Crippen molar-refractivity contribution in [2.24, 2.45) is 0 Å². The highest BCUT2D eigenvalue weighted by Gasteiger charge is 2.18. The molecule has 4 heteroatoms. The molecule has 0 radical (unpaired) electrons. The zero-order chi connectivity index (χ0) is 14.7. The number of fused-ring (bicyclic) bond motifs is 1. The number of rotatable bonds is 5. The summed E-state index contributed by atoms with van der Waals surface area (Å²) in [4.78, 5) is 2.34. The van der Waals surface area contributed by atoms with Crippen LogP contribution in [0.5, 0.6) is 0 Å². The summed E-state index contributed by atoms with van der Waals surface area (Å²) in [5.74, 6) is 0. The smallest absolute Gasteiger partial charge is 0.0881 e. The Kier molecular flexibility index (Phi) is 4.58. The van der Waals surface area contributed by atoms with E-state index < -0.39 is 0 Å². The third-order valence-electron chi connectivity index (χ3n) is 4.16. The molecule has 1 saturated heterocycles. The molecule has 0 spiro atoms. The highest BCUT2D eigenvalue weighted by molar-refractivity contribution is 5.80. The number of benzene rings is 1. The predicted octanol–water partition coefficient (Wildman–Crippen LogP) is 2.08. The molecule has 1 aromatic heterocycles. The van der Waals surface area contributed by atoms with Crippen LogP contribution in [-0.4, -0.2) is 48.9 Å². The first-order valence-corrected chi connectivity index (χ1v) is 7.85. The van der Waals surface area contributed by atoms with Gasteiger partial charge < -0.3 is 19.5 Å². The Morgan fingerprint density at radius 3 is 3.05 bits per heavy atom. The lowest BCUT2D eigenvalue weighted by molar-refractivity contribution is -0.0269. The Labute approximate surface area is 126 Å². The molecular weight excluding hydrogens is 262 g/mol. The van der Waals surface area contributed by atoms with Gasteiger partial charge in [0.15, 0.2) is 0 Å². The maximum Gasteiger partial charge on any atom is 0.0881 e. The molecule has 1 aromatic carbocycles. The number of aromatic nitrogens is 1. The van der Waals surface area contributed by atoms with Crippen LogP contribution >= 0.6 is 0 Å². The van der Waals surface area contributed by atoms with E-state index in [9.17, 15) is 0 Å². The van der Waals surface area contributed by atoms with Gasteiger partial charge in [-0.3, -0.25) is 0 Å². The topological polar surface area (TPSA) is 29.4 Å². The first kappa shape index (κ1) is 14.6. The number of nitrogens with zero attached hydrogens (tertiary/aromatic N) is 2. The predicted molar refractivity (Wildman–Crippen MR) is 86.6 cm³/mol. The molecular formula is C17H25N3O. The Hall–Kier alpha value is -1.36. The molecule has 21 heavy (non-hydrogen) atoms. The molecule has 1 unspecified atom stereocenters. The molecule has 0 bridgehead atoms. The van der Waals surface area contributed by atoms with Crippen LogP contribution in [0.1, 0.15) is 12.5 Å². The minimum atomic E-state index is 0.289. The molecule has 2 aromatic rings. The molecule has 1 aliphatic rings. The zero-order valence-corrected chi connectivity index (χ0v) is 13.0. The highest BCUT2D eigenvalue weighted by Crippen LogP contribution is 2.19. The van der Waals surface area contributed by atoms with Gasteiger partial charge in [-0.15, -0.1) is 0 Å². The SMILES string of the molecule is CCNCc1ccc2ccn(CC3CN(C)CCO3)c2c1. The second-order valence-corrected chi connectivity index (χ2v) is 5.90. The van der Waals surface area contributed by atoms with Crippen LogP contribution < -0.4 is 5.32 Å². The molecule has 0 saturated carbocycles. The summed E-state index contributed by atoms with van der Waals surface area (Å²) in [6.07, 6.45) is 2.47. The number of likely N-dealkylation sites (N-methyl/N-ethyl adjacent to an activating group) is 1. The maximum atomic E-state index is 5.89. The summed E-state index contributed by atoms with van der Waals surface area (Å²) in [6, 6.07) is 8.91. The van der Waals surface area contributed by atoms with Gasteiger partial charge in [0.25, 0.3) is 0 Å². The Bertz CT molecular complexity index is 593. The van der Waals surface area contributed by atoms with Crippen LogP contribution in [0.15, 0.2) is 30.5 Å². The van der Waals surface area contributed by atoms with Gasteiger partial charge in [-0.1, -0.05) is 19.1 Å². The minimum absolute atomic E-state index is 0.289. The van der Waals surface area contributed by atoms with Gasteiger partial charge in [0.1, 0.15) is 0 Å². The molecule has 1 fully saturated rings. The Morgan fingerprint density at radius 2 is 2.24 bits per heavy atom. The first-order valence-electron chi connectivity index (χ1n) is 7.85. The van der Waals surface area contributed by atoms with Crippen molar-refractivity contribution < 1.29 is 4.74 Å². The van der Waals surface area contributed by atoms with Crippen molar-refractivity contribution in [1.29, 1.82) is 0 Å². The standard InChI is InChI=1S/C17H25N3O/c1-3-18-11-14-4-5-15-6-7-20(17(15)10-14)13-16-12-19(2)8-9-21-16/h4-7,10,16,18H,3,8-9,11-13H2,1-2H3. The van der Waals surface area contributed by atoms with Crippen molar-refractivity contribution >= 4 is 10.9 Å². The molecule has 1 N–H and O–H groups in total. The van der Waals surface area contributed by atoms with Crippen LogP contribution in [0.25, 0.3) is 10.9 Å². The third-order valence-corrected chi connectivity index (χ3v) is 4.16. The van der Waals surface area contributed by atoms with Crippen LogP contribution in [0.2, 0.25) is 0 Å². The van der Waals surface area contributed by atoms with Crippen LogP contribution in [0, 0.1) is 0 Å². The van der Waals surface area contributed by atoms with E-state index in [2.05, 4.69) is 59.2 Å². The lowest BCUT2D eigenvalue weighted by Crippen LogP contribution is -2.41. The van der Waals surface area contributed by atoms with Gasteiger partial charge in [-0.2, -0.15) is 0 Å². The van der Waals surface area contributed by atoms with Crippen LogP contribution in [0.3, 0.4) is 0 Å². The third kappa shape index (κ3) is 3.46. The summed E-state index contributed by atoms with van der Waals surface area (Å²) < 4.78 is 8.22. The minimum Gasteiger partial charge on any atom is -0.374 e. The van der Waals surface area contributed by atoms with Gasteiger partial charge in [-0.05, 0) is 36.7 Å². The second-order valence-electron chi connectivity index (χ2n) is 5.90. The molecule has 3 rings (SSSR count). The molecule has 1 atom stereocenters. The van der Waals surface area contributed by atoms with Crippen LogP contribution in [-0.2, 0) is 17.8 Å². The number of hydrogen-bond donors (Lipinski definition) is 1. The number of hydrogen-bond acceptors (Lipinski definition) is 3. The molecule has 114 valence electrons. The number of morpholine rings is 1. The quantitative estimate of drug-likeness (QED) is 0.913. The Balaban J connectivity index is 1.77. The molecule has 0 aliphatic carbocycles. The summed E-state index contributed by atoms with van der Waals surface area (Å²) in [5.41, 5.74) is 2.65. The first-order chi connectivity index (χ1) is 10.3. The van der Waals surface area contributed by atoms with Gasteiger partial charge in [-0.25, -0.2) is 0 Å². The summed E-state index contributed by atoms with van der Waals surface area (Å²) >= 11 is 0. The molecule has 4 nitrogen and oxygen atoms in total. The summed E-state index contributed by atoms with van der Waals surface area (Å²) in [6.45, 7) is 7.89. The average molecular weight is 287 g/mol. The van der Waals surface area contributed by atoms with E-state index in [-0.39, 0.29) is 6.10 Å². The van der Waals surface area contributed by atoms with E-state index in [1.54, 1.807) is 0 Å².